The van der Waals surface area contributed by atoms with Crippen molar-refractivity contribution in [3.05, 3.63) is 29.6 Å². The van der Waals surface area contributed by atoms with Gasteiger partial charge in [-0.3, -0.25) is 4.90 Å². The van der Waals surface area contributed by atoms with E-state index in [4.69, 9.17) is 4.74 Å². The molecule has 0 unspecified atom stereocenters. The van der Waals surface area contributed by atoms with Gasteiger partial charge in [-0.25, -0.2) is 4.39 Å². The molecule has 0 radical (unpaired) electrons. The van der Waals surface area contributed by atoms with E-state index >= 15 is 0 Å². The summed E-state index contributed by atoms with van der Waals surface area (Å²) < 4.78 is 18.5. The van der Waals surface area contributed by atoms with Crippen LogP contribution in [0.2, 0.25) is 0 Å². The highest BCUT2D eigenvalue weighted by Gasteiger charge is 2.22. The summed E-state index contributed by atoms with van der Waals surface area (Å²) in [6, 6.07) is 5.15. The highest BCUT2D eigenvalue weighted by molar-refractivity contribution is 5.29. The van der Waals surface area contributed by atoms with Crippen LogP contribution in [-0.2, 0) is 6.42 Å². The van der Waals surface area contributed by atoms with E-state index in [0.717, 1.165) is 25.1 Å². The molecule has 3 nitrogen and oxygen atoms in total. The molecule has 0 atom stereocenters. The summed E-state index contributed by atoms with van der Waals surface area (Å²) >= 11 is 0. The Balaban J connectivity index is 2.59. The minimum Gasteiger partial charge on any atom is -0.494 e. The van der Waals surface area contributed by atoms with Gasteiger partial charge in [0, 0.05) is 18.6 Å². The van der Waals surface area contributed by atoms with Crippen LogP contribution in [0.25, 0.3) is 0 Å². The van der Waals surface area contributed by atoms with Gasteiger partial charge in [0.15, 0.2) is 11.6 Å². The Morgan fingerprint density at radius 1 is 1.37 bits per heavy atom. The SMILES string of the molecule is CNCC(C)(C)N(C)CCc1ccc(OC)c(F)c1. The number of rotatable bonds is 7. The molecular weight excluding hydrogens is 243 g/mol. The smallest absolute Gasteiger partial charge is 0.165 e. The van der Waals surface area contributed by atoms with Gasteiger partial charge in [-0.05, 0) is 52.1 Å². The Morgan fingerprint density at radius 3 is 2.58 bits per heavy atom. The van der Waals surface area contributed by atoms with E-state index in [2.05, 4.69) is 31.1 Å². The molecule has 0 heterocycles. The molecule has 0 aliphatic carbocycles. The minimum atomic E-state index is -0.294. The molecular formula is C15H25FN2O. The third-order valence-corrected chi connectivity index (χ3v) is 3.59. The standard InChI is InChI=1S/C15H25FN2O/c1-15(2,11-17-3)18(4)9-8-12-6-7-14(19-5)13(16)10-12/h6-7,10,17H,8-9,11H2,1-5H3. The molecule has 0 saturated heterocycles. The Labute approximate surface area is 115 Å². The summed E-state index contributed by atoms with van der Waals surface area (Å²) in [5, 5.41) is 3.19. The van der Waals surface area contributed by atoms with Crippen molar-refractivity contribution in [2.75, 3.05) is 34.3 Å². The highest BCUT2D eigenvalue weighted by Crippen LogP contribution is 2.19. The summed E-state index contributed by atoms with van der Waals surface area (Å²) in [4.78, 5) is 2.28. The van der Waals surface area contributed by atoms with E-state index in [-0.39, 0.29) is 11.4 Å². The molecule has 0 aromatic heterocycles. The van der Waals surface area contributed by atoms with Crippen molar-refractivity contribution in [1.82, 2.24) is 10.2 Å². The molecule has 0 aliphatic heterocycles. The molecule has 108 valence electrons. The van der Waals surface area contributed by atoms with Crippen LogP contribution in [0.4, 0.5) is 4.39 Å². The molecule has 4 heteroatoms. The lowest BCUT2D eigenvalue weighted by Crippen LogP contribution is -2.48. The highest BCUT2D eigenvalue weighted by atomic mass is 19.1. The molecule has 1 aromatic rings. The average Bonchev–Trinajstić information content (AvgIpc) is 2.36. The quantitative estimate of drug-likeness (QED) is 0.821. The topological polar surface area (TPSA) is 24.5 Å². The molecule has 0 amide bonds. The fourth-order valence-electron chi connectivity index (χ4n) is 2.03. The van der Waals surface area contributed by atoms with Crippen LogP contribution in [0.15, 0.2) is 18.2 Å². The summed E-state index contributed by atoms with van der Waals surface area (Å²) in [6.45, 7) is 6.19. The van der Waals surface area contributed by atoms with Gasteiger partial charge in [-0.2, -0.15) is 0 Å². The van der Waals surface area contributed by atoms with E-state index in [1.165, 1.54) is 7.11 Å². The van der Waals surface area contributed by atoms with E-state index in [1.807, 2.05) is 13.1 Å². The molecule has 0 fully saturated rings. The summed E-state index contributed by atoms with van der Waals surface area (Å²) in [7, 11) is 5.53. The van der Waals surface area contributed by atoms with Crippen LogP contribution in [0.1, 0.15) is 19.4 Å². The van der Waals surface area contributed by atoms with Gasteiger partial charge in [0.1, 0.15) is 0 Å². The number of hydrogen-bond donors (Lipinski definition) is 1. The second-order valence-electron chi connectivity index (χ2n) is 5.48. The number of nitrogens with one attached hydrogen (secondary N) is 1. The average molecular weight is 268 g/mol. The lowest BCUT2D eigenvalue weighted by Gasteiger charge is -2.35. The van der Waals surface area contributed by atoms with Crippen LogP contribution in [0.5, 0.6) is 5.75 Å². The maximum atomic E-state index is 13.6. The molecule has 1 rings (SSSR count). The largest absolute Gasteiger partial charge is 0.494 e. The van der Waals surface area contributed by atoms with Crippen LogP contribution in [0, 0.1) is 5.82 Å². The normalized spacial score (nSPS) is 11.9. The van der Waals surface area contributed by atoms with Crippen LogP contribution >= 0.6 is 0 Å². The third kappa shape index (κ3) is 4.48. The van der Waals surface area contributed by atoms with Crippen molar-refractivity contribution < 1.29 is 9.13 Å². The lowest BCUT2D eigenvalue weighted by atomic mass is 10.0. The number of halogens is 1. The zero-order chi connectivity index (χ0) is 14.5. The fourth-order valence-corrected chi connectivity index (χ4v) is 2.03. The van der Waals surface area contributed by atoms with Crippen molar-refractivity contribution >= 4 is 0 Å². The lowest BCUT2D eigenvalue weighted by molar-refractivity contribution is 0.157. The summed E-state index contributed by atoms with van der Waals surface area (Å²) in [6.07, 6.45) is 0.824. The molecule has 0 aliphatic rings. The van der Waals surface area contributed by atoms with E-state index in [9.17, 15) is 4.39 Å². The number of nitrogens with zero attached hydrogens (tertiary/aromatic N) is 1. The minimum absolute atomic E-state index is 0.0831. The van der Waals surface area contributed by atoms with Crippen molar-refractivity contribution in [1.29, 1.82) is 0 Å². The maximum Gasteiger partial charge on any atom is 0.165 e. The Hall–Kier alpha value is -1.13. The van der Waals surface area contributed by atoms with E-state index < -0.39 is 0 Å². The van der Waals surface area contributed by atoms with E-state index in [1.54, 1.807) is 12.1 Å². The molecule has 0 spiro atoms. The first-order valence-electron chi connectivity index (χ1n) is 6.59. The number of methoxy groups -OCH3 is 1. The van der Waals surface area contributed by atoms with Crippen LogP contribution in [0.3, 0.4) is 0 Å². The van der Waals surface area contributed by atoms with Crippen molar-refractivity contribution in [3.8, 4) is 5.75 Å². The zero-order valence-electron chi connectivity index (χ0n) is 12.6. The monoisotopic (exact) mass is 268 g/mol. The molecule has 0 bridgehead atoms. The first kappa shape index (κ1) is 15.9. The van der Waals surface area contributed by atoms with Gasteiger partial charge in [0.05, 0.1) is 7.11 Å². The van der Waals surface area contributed by atoms with Gasteiger partial charge < -0.3 is 10.1 Å². The van der Waals surface area contributed by atoms with Crippen molar-refractivity contribution in [3.63, 3.8) is 0 Å². The summed E-state index contributed by atoms with van der Waals surface area (Å²) in [5.74, 6) is 0.00440. The van der Waals surface area contributed by atoms with Crippen molar-refractivity contribution in [2.45, 2.75) is 25.8 Å². The third-order valence-electron chi connectivity index (χ3n) is 3.59. The van der Waals surface area contributed by atoms with Crippen LogP contribution in [-0.4, -0.2) is 44.7 Å². The Kier molecular flexibility index (Phi) is 5.76. The Morgan fingerprint density at radius 2 is 2.05 bits per heavy atom. The predicted molar refractivity (Wildman–Crippen MR) is 77.3 cm³/mol. The number of ether oxygens (including phenoxy) is 1. The maximum absolute atomic E-state index is 13.6. The Bertz CT molecular complexity index is 407. The van der Waals surface area contributed by atoms with Gasteiger partial charge in [-0.1, -0.05) is 6.07 Å². The second-order valence-corrected chi connectivity index (χ2v) is 5.48. The number of hydrogen-bond acceptors (Lipinski definition) is 3. The van der Waals surface area contributed by atoms with Crippen molar-refractivity contribution in [2.24, 2.45) is 0 Å². The molecule has 0 saturated carbocycles. The van der Waals surface area contributed by atoms with Gasteiger partial charge >= 0.3 is 0 Å². The first-order valence-corrected chi connectivity index (χ1v) is 6.59. The number of likely N-dealkylation sites (N-methyl/N-ethyl adjacent to an activating group) is 2. The molecule has 1 aromatic carbocycles. The predicted octanol–water partition coefficient (Wildman–Crippen LogP) is 2.31. The second kappa shape index (κ2) is 6.87. The summed E-state index contributed by atoms with van der Waals surface area (Å²) in [5.41, 5.74) is 1.07. The van der Waals surface area contributed by atoms with Gasteiger partial charge in [-0.15, -0.1) is 0 Å². The zero-order valence-corrected chi connectivity index (χ0v) is 12.6. The fraction of sp³-hybridized carbons (Fsp3) is 0.600. The van der Waals surface area contributed by atoms with Gasteiger partial charge in [0.25, 0.3) is 0 Å². The molecule has 19 heavy (non-hydrogen) atoms. The van der Waals surface area contributed by atoms with Gasteiger partial charge in [0.2, 0.25) is 0 Å². The van der Waals surface area contributed by atoms with E-state index in [0.29, 0.717) is 5.75 Å². The van der Waals surface area contributed by atoms with Crippen LogP contribution < -0.4 is 10.1 Å². The molecule has 1 N–H and O–H groups in total. The number of benzene rings is 1. The first-order chi connectivity index (χ1) is 8.90.